The Bertz CT molecular complexity index is 718. The molecule has 1 aromatic carbocycles. The molecule has 0 amide bonds. The summed E-state index contributed by atoms with van der Waals surface area (Å²) in [5.41, 5.74) is 1.87. The second-order valence-electron chi connectivity index (χ2n) is 6.94. The van der Waals surface area contributed by atoms with E-state index in [0.717, 1.165) is 24.1 Å². The summed E-state index contributed by atoms with van der Waals surface area (Å²) in [6.07, 6.45) is 2.29. The van der Waals surface area contributed by atoms with E-state index in [1.807, 2.05) is 26.0 Å². The van der Waals surface area contributed by atoms with Crippen LogP contribution in [0.2, 0.25) is 0 Å². The Hall–Kier alpha value is -2.21. The van der Waals surface area contributed by atoms with Crippen LogP contribution >= 0.6 is 0 Å². The van der Waals surface area contributed by atoms with Gasteiger partial charge >= 0.3 is 0 Å². The average Bonchev–Trinajstić information content (AvgIpc) is 3.42. The maximum Gasteiger partial charge on any atom is 0.225 e. The van der Waals surface area contributed by atoms with E-state index in [-0.39, 0.29) is 24.4 Å². The first-order valence-corrected chi connectivity index (χ1v) is 8.80. The summed E-state index contributed by atoms with van der Waals surface area (Å²) in [5.74, 6) is 1.75. The monoisotopic (exact) mass is 344 g/mol. The fraction of sp³-hybridized carbons (Fsp3) is 0.474. The van der Waals surface area contributed by atoms with Gasteiger partial charge in [-0.3, -0.25) is 0 Å². The molecule has 0 spiro atoms. The molecule has 1 heterocycles. The Labute approximate surface area is 147 Å². The molecule has 3 N–H and O–H groups in total. The highest BCUT2D eigenvalue weighted by molar-refractivity contribution is 5.45. The first-order chi connectivity index (χ1) is 12.0. The highest BCUT2D eigenvalue weighted by Gasteiger charge is 2.26. The maximum atomic E-state index is 13.3. The molecular weight excluding hydrogens is 319 g/mol. The van der Waals surface area contributed by atoms with Crippen molar-refractivity contribution in [1.29, 1.82) is 0 Å². The van der Waals surface area contributed by atoms with E-state index in [1.54, 1.807) is 6.07 Å². The van der Waals surface area contributed by atoms with Crippen molar-refractivity contribution in [3.8, 4) is 0 Å². The quantitative estimate of drug-likeness (QED) is 0.683. The van der Waals surface area contributed by atoms with E-state index in [2.05, 4.69) is 20.6 Å². The van der Waals surface area contributed by atoms with E-state index in [0.29, 0.717) is 24.2 Å². The van der Waals surface area contributed by atoms with Gasteiger partial charge in [-0.25, -0.2) is 9.37 Å². The van der Waals surface area contributed by atoms with Crippen LogP contribution in [0.1, 0.15) is 43.9 Å². The van der Waals surface area contributed by atoms with Crippen molar-refractivity contribution in [1.82, 2.24) is 9.97 Å². The molecule has 5 nitrogen and oxygen atoms in total. The van der Waals surface area contributed by atoms with E-state index >= 15 is 0 Å². The van der Waals surface area contributed by atoms with E-state index in [1.165, 1.54) is 12.1 Å². The molecule has 1 fully saturated rings. The number of anilines is 2. The molecule has 3 rings (SSSR count). The number of hydrogen-bond acceptors (Lipinski definition) is 5. The maximum absolute atomic E-state index is 13.3. The fourth-order valence-corrected chi connectivity index (χ4v) is 2.64. The van der Waals surface area contributed by atoms with Gasteiger partial charge in [-0.15, -0.1) is 0 Å². The molecule has 0 unspecified atom stereocenters. The third-order valence-corrected chi connectivity index (χ3v) is 4.42. The average molecular weight is 344 g/mol. The fourth-order valence-electron chi connectivity index (χ4n) is 2.64. The zero-order valence-electron chi connectivity index (χ0n) is 14.7. The van der Waals surface area contributed by atoms with Crippen LogP contribution in [0.3, 0.4) is 0 Å². The van der Waals surface area contributed by atoms with Crippen molar-refractivity contribution in [2.75, 3.05) is 17.2 Å². The van der Waals surface area contributed by atoms with E-state index in [9.17, 15) is 9.50 Å². The van der Waals surface area contributed by atoms with Crippen molar-refractivity contribution < 1.29 is 9.50 Å². The van der Waals surface area contributed by atoms with Crippen LogP contribution in [0, 0.1) is 11.7 Å². The van der Waals surface area contributed by atoms with Crippen LogP contribution in [0.15, 0.2) is 30.3 Å². The van der Waals surface area contributed by atoms with Crippen LogP contribution in [0.5, 0.6) is 0 Å². The number of aromatic nitrogens is 2. The van der Waals surface area contributed by atoms with Gasteiger partial charge in [-0.2, -0.15) is 4.98 Å². The predicted molar refractivity (Wildman–Crippen MR) is 97.1 cm³/mol. The third kappa shape index (κ3) is 4.89. The largest absolute Gasteiger partial charge is 0.394 e. The summed E-state index contributed by atoms with van der Waals surface area (Å²) in [6.45, 7) is 4.61. The van der Waals surface area contributed by atoms with Gasteiger partial charge in [0, 0.05) is 18.5 Å². The van der Waals surface area contributed by atoms with Crippen molar-refractivity contribution in [2.45, 2.75) is 45.2 Å². The summed E-state index contributed by atoms with van der Waals surface area (Å²) in [6, 6.07) is 8.39. The Morgan fingerprint density at radius 2 is 2.04 bits per heavy atom. The standard InChI is InChI=1S/C19H25FN4O/c1-12(2)17(11-25)23-19-22-16(14-6-7-14)9-18(24-19)21-10-13-4-3-5-15(20)8-13/h3-5,8-9,12,14,17,25H,6-7,10-11H2,1-2H3,(H2,21,22,23,24)/t17-/m0/s1. The van der Waals surface area contributed by atoms with Crippen LogP contribution in [0.25, 0.3) is 0 Å². The number of benzene rings is 1. The summed E-state index contributed by atoms with van der Waals surface area (Å²) in [5, 5.41) is 16.0. The van der Waals surface area contributed by atoms with Crippen molar-refractivity contribution in [3.05, 3.63) is 47.4 Å². The van der Waals surface area contributed by atoms with E-state index < -0.39 is 0 Å². The molecule has 0 saturated heterocycles. The Morgan fingerprint density at radius 3 is 2.68 bits per heavy atom. The molecule has 0 bridgehead atoms. The minimum absolute atomic E-state index is 0.0285. The normalized spacial score (nSPS) is 15.2. The number of nitrogens with one attached hydrogen (secondary N) is 2. The van der Waals surface area contributed by atoms with Crippen LogP contribution < -0.4 is 10.6 Å². The zero-order valence-corrected chi connectivity index (χ0v) is 14.7. The van der Waals surface area contributed by atoms with Gasteiger partial charge in [0.2, 0.25) is 5.95 Å². The number of rotatable bonds is 8. The molecule has 134 valence electrons. The smallest absolute Gasteiger partial charge is 0.225 e. The first-order valence-electron chi connectivity index (χ1n) is 8.80. The molecule has 0 radical (unpaired) electrons. The lowest BCUT2D eigenvalue weighted by Crippen LogP contribution is -2.30. The minimum atomic E-state index is -0.245. The summed E-state index contributed by atoms with van der Waals surface area (Å²) in [4.78, 5) is 9.11. The topological polar surface area (TPSA) is 70.1 Å². The van der Waals surface area contributed by atoms with Crippen LogP contribution in [-0.4, -0.2) is 27.7 Å². The van der Waals surface area contributed by atoms with Crippen LogP contribution in [-0.2, 0) is 6.54 Å². The Kier molecular flexibility index (Phi) is 5.48. The zero-order chi connectivity index (χ0) is 17.8. The molecule has 1 aliphatic carbocycles. The molecule has 1 atom stereocenters. The lowest BCUT2D eigenvalue weighted by molar-refractivity contribution is 0.248. The molecule has 0 aliphatic heterocycles. The lowest BCUT2D eigenvalue weighted by atomic mass is 10.1. The molecule has 1 aliphatic rings. The van der Waals surface area contributed by atoms with Gasteiger partial charge in [-0.1, -0.05) is 26.0 Å². The summed E-state index contributed by atoms with van der Waals surface area (Å²) in [7, 11) is 0. The van der Waals surface area contributed by atoms with Gasteiger partial charge in [0.1, 0.15) is 11.6 Å². The Morgan fingerprint density at radius 1 is 1.24 bits per heavy atom. The van der Waals surface area contributed by atoms with Gasteiger partial charge < -0.3 is 15.7 Å². The van der Waals surface area contributed by atoms with Crippen molar-refractivity contribution in [3.63, 3.8) is 0 Å². The van der Waals surface area contributed by atoms with Crippen molar-refractivity contribution in [2.24, 2.45) is 5.92 Å². The molecule has 1 aromatic heterocycles. The number of aliphatic hydroxyl groups is 1. The van der Waals surface area contributed by atoms with Gasteiger partial charge in [-0.05, 0) is 36.5 Å². The lowest BCUT2D eigenvalue weighted by Gasteiger charge is -2.20. The molecule has 2 aromatic rings. The molecular formula is C19H25FN4O. The minimum Gasteiger partial charge on any atom is -0.394 e. The van der Waals surface area contributed by atoms with Crippen molar-refractivity contribution >= 4 is 11.8 Å². The van der Waals surface area contributed by atoms with Crippen LogP contribution in [0.4, 0.5) is 16.2 Å². The second kappa shape index (κ2) is 7.78. The Balaban J connectivity index is 1.75. The second-order valence-corrected chi connectivity index (χ2v) is 6.94. The highest BCUT2D eigenvalue weighted by Crippen LogP contribution is 2.40. The summed E-state index contributed by atoms with van der Waals surface area (Å²) < 4.78 is 13.3. The SMILES string of the molecule is CC(C)[C@H](CO)Nc1nc(NCc2cccc(F)c2)cc(C2CC2)n1. The first kappa shape index (κ1) is 17.6. The van der Waals surface area contributed by atoms with Gasteiger partial charge in [0.15, 0.2) is 0 Å². The molecule has 6 heteroatoms. The number of nitrogens with zero attached hydrogens (tertiary/aromatic N) is 2. The number of aliphatic hydroxyl groups excluding tert-OH is 1. The number of halogens is 1. The van der Waals surface area contributed by atoms with Gasteiger partial charge in [0.25, 0.3) is 0 Å². The molecule has 1 saturated carbocycles. The number of hydrogen-bond donors (Lipinski definition) is 3. The third-order valence-electron chi connectivity index (χ3n) is 4.42. The summed E-state index contributed by atoms with van der Waals surface area (Å²) >= 11 is 0. The van der Waals surface area contributed by atoms with E-state index in [4.69, 9.17) is 0 Å². The predicted octanol–water partition coefficient (Wildman–Crippen LogP) is 3.53. The van der Waals surface area contributed by atoms with Gasteiger partial charge in [0.05, 0.1) is 18.3 Å². The molecule has 25 heavy (non-hydrogen) atoms. The highest BCUT2D eigenvalue weighted by atomic mass is 19.1.